The molecule has 0 radical (unpaired) electrons. The molecule has 1 aromatic carbocycles. The van der Waals surface area contributed by atoms with E-state index in [4.69, 9.17) is 11.6 Å². The van der Waals surface area contributed by atoms with Crippen LogP contribution in [0.4, 0.5) is 0 Å². The van der Waals surface area contributed by atoms with Crippen molar-refractivity contribution in [3.8, 4) is 0 Å². The number of aliphatic carboxylic acids is 1. The van der Waals surface area contributed by atoms with Crippen LogP contribution in [-0.2, 0) is 4.79 Å². The van der Waals surface area contributed by atoms with E-state index in [2.05, 4.69) is 20.8 Å². The molecule has 1 fully saturated rings. The molecule has 1 unspecified atom stereocenters. The first-order valence-corrected chi connectivity index (χ1v) is 8.16. The van der Waals surface area contributed by atoms with Crippen molar-refractivity contribution in [3.05, 3.63) is 33.3 Å². The second-order valence-corrected chi connectivity index (χ2v) is 6.55. The van der Waals surface area contributed by atoms with E-state index in [1.165, 1.54) is 12.8 Å². The lowest BCUT2D eigenvalue weighted by molar-refractivity contribution is -0.138. The summed E-state index contributed by atoms with van der Waals surface area (Å²) in [6, 6.07) is 5.56. The first kappa shape index (κ1) is 15.8. The highest BCUT2D eigenvalue weighted by atomic mass is 79.9. The van der Waals surface area contributed by atoms with Crippen LogP contribution in [0.2, 0.25) is 5.02 Å². The lowest BCUT2D eigenvalue weighted by atomic mass is 10.0. The molecule has 0 saturated carbocycles. The van der Waals surface area contributed by atoms with Gasteiger partial charge in [0.25, 0.3) is 0 Å². The van der Waals surface area contributed by atoms with Gasteiger partial charge >= 0.3 is 5.97 Å². The highest BCUT2D eigenvalue weighted by molar-refractivity contribution is 9.10. The Morgan fingerprint density at radius 2 is 1.95 bits per heavy atom. The third-order valence-corrected chi connectivity index (χ3v) is 4.59. The van der Waals surface area contributed by atoms with Crippen LogP contribution in [0.25, 0.3) is 0 Å². The van der Waals surface area contributed by atoms with Crippen molar-refractivity contribution < 1.29 is 9.90 Å². The summed E-state index contributed by atoms with van der Waals surface area (Å²) in [5.74, 6) is -0.779. The summed E-state index contributed by atoms with van der Waals surface area (Å²) >= 11 is 9.71. The predicted octanol–water partition coefficient (Wildman–Crippen LogP) is 4.49. The normalized spacial score (nSPS) is 18.5. The highest BCUT2D eigenvalue weighted by Crippen LogP contribution is 2.33. The molecule has 0 aromatic heterocycles. The number of carboxylic acid groups (broad SMARTS) is 1. The van der Waals surface area contributed by atoms with Crippen molar-refractivity contribution in [1.29, 1.82) is 0 Å². The fraction of sp³-hybridized carbons (Fsp3) is 0.533. The number of rotatable bonds is 4. The van der Waals surface area contributed by atoms with Crippen molar-refractivity contribution in [1.82, 2.24) is 4.90 Å². The minimum Gasteiger partial charge on any atom is -0.481 e. The molecule has 1 saturated heterocycles. The summed E-state index contributed by atoms with van der Waals surface area (Å²) in [6.07, 6.45) is 4.81. The molecule has 1 atom stereocenters. The topological polar surface area (TPSA) is 40.5 Å². The molecule has 3 nitrogen and oxygen atoms in total. The number of hydrogen-bond donors (Lipinski definition) is 1. The zero-order valence-electron chi connectivity index (χ0n) is 11.3. The fourth-order valence-corrected chi connectivity index (χ4v) is 3.58. The predicted molar refractivity (Wildman–Crippen MR) is 84.2 cm³/mol. The van der Waals surface area contributed by atoms with E-state index in [0.29, 0.717) is 5.02 Å². The molecule has 0 amide bonds. The van der Waals surface area contributed by atoms with Gasteiger partial charge in [0.05, 0.1) is 6.42 Å². The summed E-state index contributed by atoms with van der Waals surface area (Å²) in [4.78, 5) is 13.5. The quantitative estimate of drug-likeness (QED) is 0.859. The third kappa shape index (κ3) is 4.21. The average Bonchev–Trinajstić information content (AvgIpc) is 2.65. The molecule has 2 rings (SSSR count). The van der Waals surface area contributed by atoms with Crippen LogP contribution in [0, 0.1) is 0 Å². The molecule has 110 valence electrons. The highest BCUT2D eigenvalue weighted by Gasteiger charge is 2.25. The Morgan fingerprint density at radius 1 is 1.30 bits per heavy atom. The summed E-state index contributed by atoms with van der Waals surface area (Å²) in [6.45, 7) is 1.90. The zero-order valence-corrected chi connectivity index (χ0v) is 13.7. The zero-order chi connectivity index (χ0) is 14.5. The van der Waals surface area contributed by atoms with Crippen LogP contribution in [0.5, 0.6) is 0 Å². The minimum atomic E-state index is -0.779. The maximum Gasteiger partial charge on any atom is 0.305 e. The number of halogens is 2. The minimum absolute atomic E-state index is 0.0986. The van der Waals surface area contributed by atoms with Crippen molar-refractivity contribution in [3.63, 3.8) is 0 Å². The molecule has 5 heteroatoms. The summed E-state index contributed by atoms with van der Waals surface area (Å²) in [5, 5.41) is 9.85. The van der Waals surface area contributed by atoms with Crippen molar-refractivity contribution in [2.24, 2.45) is 0 Å². The molecule has 0 aliphatic carbocycles. The van der Waals surface area contributed by atoms with Gasteiger partial charge in [0.15, 0.2) is 0 Å². The maximum absolute atomic E-state index is 11.2. The summed E-state index contributed by atoms with van der Waals surface area (Å²) in [7, 11) is 0. The molecular weight excluding hydrogens is 342 g/mol. The monoisotopic (exact) mass is 359 g/mol. The largest absolute Gasteiger partial charge is 0.481 e. The Morgan fingerprint density at radius 3 is 2.50 bits per heavy atom. The second-order valence-electron chi connectivity index (χ2n) is 5.23. The molecule has 0 spiro atoms. The van der Waals surface area contributed by atoms with E-state index in [1.54, 1.807) is 0 Å². The molecule has 20 heavy (non-hydrogen) atoms. The number of carboxylic acids is 1. The summed E-state index contributed by atoms with van der Waals surface area (Å²) in [5.41, 5.74) is 0.916. The summed E-state index contributed by atoms with van der Waals surface area (Å²) < 4.78 is 0.913. The molecule has 1 aliphatic heterocycles. The third-order valence-electron chi connectivity index (χ3n) is 3.77. The second kappa shape index (κ2) is 7.43. The number of benzene rings is 1. The van der Waals surface area contributed by atoms with E-state index < -0.39 is 5.97 Å². The molecular formula is C15H19BrClNO2. The Hall–Kier alpha value is -0.580. The van der Waals surface area contributed by atoms with E-state index in [1.807, 2.05) is 18.2 Å². The van der Waals surface area contributed by atoms with Gasteiger partial charge in [0.1, 0.15) is 0 Å². The fourth-order valence-electron chi connectivity index (χ4n) is 2.78. The Balaban J connectivity index is 2.27. The number of hydrogen-bond acceptors (Lipinski definition) is 2. The molecule has 0 bridgehead atoms. The molecule has 1 aromatic rings. The first-order chi connectivity index (χ1) is 9.58. The van der Waals surface area contributed by atoms with E-state index in [0.717, 1.165) is 36.0 Å². The van der Waals surface area contributed by atoms with Gasteiger partial charge < -0.3 is 5.11 Å². The van der Waals surface area contributed by atoms with Crippen LogP contribution in [0.1, 0.15) is 43.7 Å². The van der Waals surface area contributed by atoms with Crippen molar-refractivity contribution in [2.45, 2.75) is 38.1 Å². The standard InChI is InChI=1S/C15H19BrClNO2/c16-11-5-6-12(13(17)9-11)14(10-15(19)20)18-7-3-1-2-4-8-18/h5-6,9,14H,1-4,7-8,10H2,(H,19,20). The van der Waals surface area contributed by atoms with E-state index >= 15 is 0 Å². The molecule has 1 N–H and O–H groups in total. The van der Waals surface area contributed by atoms with Crippen molar-refractivity contribution >= 4 is 33.5 Å². The Labute approximate surface area is 133 Å². The SMILES string of the molecule is O=C(O)CC(c1ccc(Br)cc1Cl)N1CCCCCC1. The van der Waals surface area contributed by atoms with Gasteiger partial charge in [0, 0.05) is 15.5 Å². The van der Waals surface area contributed by atoms with Gasteiger partial charge in [-0.25, -0.2) is 0 Å². The van der Waals surface area contributed by atoms with Gasteiger partial charge in [-0.2, -0.15) is 0 Å². The number of nitrogens with zero attached hydrogens (tertiary/aromatic N) is 1. The van der Waals surface area contributed by atoms with Crippen LogP contribution in [0.15, 0.2) is 22.7 Å². The van der Waals surface area contributed by atoms with Gasteiger partial charge in [-0.15, -0.1) is 0 Å². The van der Waals surface area contributed by atoms with Gasteiger partial charge in [-0.3, -0.25) is 9.69 Å². The number of likely N-dealkylation sites (tertiary alicyclic amines) is 1. The van der Waals surface area contributed by atoms with E-state index in [-0.39, 0.29) is 12.5 Å². The van der Waals surface area contributed by atoms with E-state index in [9.17, 15) is 9.90 Å². The smallest absolute Gasteiger partial charge is 0.305 e. The first-order valence-electron chi connectivity index (χ1n) is 6.98. The maximum atomic E-state index is 11.2. The molecule has 1 heterocycles. The van der Waals surface area contributed by atoms with Crippen LogP contribution in [-0.4, -0.2) is 29.1 Å². The average molecular weight is 361 g/mol. The van der Waals surface area contributed by atoms with Crippen molar-refractivity contribution in [2.75, 3.05) is 13.1 Å². The number of carbonyl (C=O) groups is 1. The van der Waals surface area contributed by atoms with Gasteiger partial charge in [-0.05, 0) is 43.6 Å². The molecule has 1 aliphatic rings. The van der Waals surface area contributed by atoms with Crippen LogP contribution < -0.4 is 0 Å². The lowest BCUT2D eigenvalue weighted by Gasteiger charge is -2.30. The van der Waals surface area contributed by atoms with Gasteiger partial charge in [0.2, 0.25) is 0 Å². The Kier molecular flexibility index (Phi) is 5.87. The van der Waals surface area contributed by atoms with Gasteiger partial charge in [-0.1, -0.05) is 46.4 Å². The van der Waals surface area contributed by atoms with Crippen LogP contribution >= 0.6 is 27.5 Å². The Bertz CT molecular complexity index is 473. The lowest BCUT2D eigenvalue weighted by Crippen LogP contribution is -2.31. The van der Waals surface area contributed by atoms with Crippen LogP contribution in [0.3, 0.4) is 0 Å².